The van der Waals surface area contributed by atoms with Gasteiger partial charge in [0, 0.05) is 29.0 Å². The predicted octanol–water partition coefficient (Wildman–Crippen LogP) is 5.34. The van der Waals surface area contributed by atoms with Gasteiger partial charge in [0.1, 0.15) is 12.1 Å². The highest BCUT2D eigenvalue weighted by molar-refractivity contribution is 6.30. The summed E-state index contributed by atoms with van der Waals surface area (Å²) in [5.41, 5.74) is 3.95. The van der Waals surface area contributed by atoms with Crippen LogP contribution in [0.5, 0.6) is 0 Å². The predicted molar refractivity (Wildman–Crippen MR) is 108 cm³/mol. The lowest BCUT2D eigenvalue weighted by atomic mass is 10.1. The van der Waals surface area contributed by atoms with Crippen LogP contribution in [0.2, 0.25) is 5.02 Å². The molecule has 0 fully saturated rings. The molecule has 2 heterocycles. The van der Waals surface area contributed by atoms with E-state index in [1.54, 1.807) is 6.33 Å². The van der Waals surface area contributed by atoms with E-state index in [9.17, 15) is 0 Å². The van der Waals surface area contributed by atoms with Crippen molar-refractivity contribution in [1.29, 1.82) is 0 Å². The number of rotatable bonds is 5. The van der Waals surface area contributed by atoms with Gasteiger partial charge in [0.25, 0.3) is 0 Å². The zero-order chi connectivity index (χ0) is 17.9. The van der Waals surface area contributed by atoms with Crippen LogP contribution in [-0.4, -0.2) is 21.1 Å². The minimum atomic E-state index is 0.628. The molecule has 128 valence electrons. The van der Waals surface area contributed by atoms with Crippen molar-refractivity contribution in [3.05, 3.63) is 84.8 Å². The second kappa shape index (κ2) is 7.02. The van der Waals surface area contributed by atoms with Crippen LogP contribution >= 0.6 is 11.6 Å². The summed E-state index contributed by atoms with van der Waals surface area (Å²) in [6, 6.07) is 18.0. The van der Waals surface area contributed by atoms with Crippen molar-refractivity contribution in [1.82, 2.24) is 14.5 Å². The number of nitrogens with one attached hydrogen (secondary N) is 1. The highest BCUT2D eigenvalue weighted by Gasteiger charge is 2.17. The molecule has 0 spiro atoms. The van der Waals surface area contributed by atoms with Gasteiger partial charge < -0.3 is 9.88 Å². The number of hydrogen-bond acceptors (Lipinski definition) is 3. The number of halogens is 1. The number of aromatic nitrogens is 3. The lowest BCUT2D eigenvalue weighted by Gasteiger charge is -2.07. The van der Waals surface area contributed by atoms with E-state index in [4.69, 9.17) is 11.6 Å². The molecule has 4 aromatic rings. The van der Waals surface area contributed by atoms with E-state index in [1.807, 2.05) is 53.1 Å². The molecule has 4 nitrogen and oxygen atoms in total. The van der Waals surface area contributed by atoms with Crippen LogP contribution in [0, 0.1) is 0 Å². The van der Waals surface area contributed by atoms with Gasteiger partial charge in [-0.15, -0.1) is 6.58 Å². The van der Waals surface area contributed by atoms with E-state index in [1.165, 1.54) is 0 Å². The Labute approximate surface area is 156 Å². The third-order valence-electron chi connectivity index (χ3n) is 4.17. The van der Waals surface area contributed by atoms with Crippen LogP contribution in [0.25, 0.3) is 27.8 Å². The van der Waals surface area contributed by atoms with E-state index >= 15 is 0 Å². The summed E-state index contributed by atoms with van der Waals surface area (Å²) < 4.78 is 2.05. The van der Waals surface area contributed by atoms with Crippen molar-refractivity contribution < 1.29 is 0 Å². The zero-order valence-electron chi connectivity index (χ0n) is 14.1. The zero-order valence-corrected chi connectivity index (χ0v) is 14.8. The molecule has 1 N–H and O–H groups in total. The molecule has 4 rings (SSSR count). The largest absolute Gasteiger partial charge is 0.366 e. The Morgan fingerprint density at radius 1 is 1.08 bits per heavy atom. The minimum Gasteiger partial charge on any atom is -0.366 e. The van der Waals surface area contributed by atoms with Gasteiger partial charge in [-0.25, -0.2) is 9.97 Å². The lowest BCUT2D eigenvalue weighted by molar-refractivity contribution is 1.07. The van der Waals surface area contributed by atoms with Crippen LogP contribution in [0.1, 0.15) is 0 Å². The molecular formula is C21H17ClN4. The quantitative estimate of drug-likeness (QED) is 0.488. The van der Waals surface area contributed by atoms with Gasteiger partial charge >= 0.3 is 0 Å². The van der Waals surface area contributed by atoms with Crippen LogP contribution in [-0.2, 0) is 0 Å². The maximum absolute atomic E-state index is 6.20. The van der Waals surface area contributed by atoms with Gasteiger partial charge in [0.15, 0.2) is 5.65 Å². The Hall–Kier alpha value is -3.11. The Kier molecular flexibility index (Phi) is 4.42. The van der Waals surface area contributed by atoms with Crippen LogP contribution in [0.4, 0.5) is 5.82 Å². The van der Waals surface area contributed by atoms with E-state index in [2.05, 4.69) is 40.2 Å². The first-order valence-electron chi connectivity index (χ1n) is 8.30. The molecule has 0 saturated carbocycles. The summed E-state index contributed by atoms with van der Waals surface area (Å²) in [6.45, 7) is 4.40. The number of anilines is 1. The molecule has 2 aromatic heterocycles. The summed E-state index contributed by atoms with van der Waals surface area (Å²) in [6.07, 6.45) is 5.47. The first kappa shape index (κ1) is 16.4. The molecule has 0 unspecified atom stereocenters. The second-order valence-corrected chi connectivity index (χ2v) is 6.29. The van der Waals surface area contributed by atoms with Crippen molar-refractivity contribution >= 4 is 28.5 Å². The SMILES string of the molecule is C=CCNc1ncnc2c1c(-c1ccccc1)cn2-c1cccc(Cl)c1. The normalized spacial score (nSPS) is 10.8. The fraction of sp³-hybridized carbons (Fsp3) is 0.0476. The molecule has 0 aliphatic carbocycles. The molecule has 5 heteroatoms. The topological polar surface area (TPSA) is 42.7 Å². The first-order valence-corrected chi connectivity index (χ1v) is 8.68. The smallest absolute Gasteiger partial charge is 0.150 e. The average molecular weight is 361 g/mol. The molecule has 26 heavy (non-hydrogen) atoms. The fourth-order valence-electron chi connectivity index (χ4n) is 3.02. The van der Waals surface area contributed by atoms with Crippen molar-refractivity contribution in [3.63, 3.8) is 0 Å². The van der Waals surface area contributed by atoms with Crippen LogP contribution < -0.4 is 5.32 Å². The minimum absolute atomic E-state index is 0.628. The van der Waals surface area contributed by atoms with E-state index in [0.29, 0.717) is 11.6 Å². The number of fused-ring (bicyclic) bond motifs is 1. The second-order valence-electron chi connectivity index (χ2n) is 5.85. The summed E-state index contributed by atoms with van der Waals surface area (Å²) in [5.74, 6) is 0.787. The maximum atomic E-state index is 6.20. The molecule has 2 aromatic carbocycles. The summed E-state index contributed by atoms with van der Waals surface area (Å²) in [7, 11) is 0. The fourth-order valence-corrected chi connectivity index (χ4v) is 3.21. The molecule has 0 amide bonds. The van der Waals surface area contributed by atoms with E-state index < -0.39 is 0 Å². The van der Waals surface area contributed by atoms with Gasteiger partial charge in [0.05, 0.1) is 5.39 Å². The highest BCUT2D eigenvalue weighted by atomic mass is 35.5. The van der Waals surface area contributed by atoms with Gasteiger partial charge in [-0.2, -0.15) is 0 Å². The molecule has 0 saturated heterocycles. The molecule has 0 radical (unpaired) electrons. The van der Waals surface area contributed by atoms with E-state index in [-0.39, 0.29) is 0 Å². The molecular weight excluding hydrogens is 344 g/mol. The van der Waals surface area contributed by atoms with Crippen LogP contribution in [0.3, 0.4) is 0 Å². The summed E-state index contributed by atoms with van der Waals surface area (Å²) in [4.78, 5) is 8.99. The Morgan fingerprint density at radius 3 is 2.69 bits per heavy atom. The highest BCUT2D eigenvalue weighted by Crippen LogP contribution is 2.35. The monoisotopic (exact) mass is 360 g/mol. The van der Waals surface area contributed by atoms with Gasteiger partial charge in [0.2, 0.25) is 0 Å². The Balaban J connectivity index is 2.01. The van der Waals surface area contributed by atoms with Gasteiger partial charge in [-0.1, -0.05) is 54.1 Å². The lowest BCUT2D eigenvalue weighted by Crippen LogP contribution is -2.02. The van der Waals surface area contributed by atoms with Crippen LogP contribution in [0.15, 0.2) is 79.8 Å². The third kappa shape index (κ3) is 2.95. The first-order chi connectivity index (χ1) is 12.8. The Morgan fingerprint density at radius 2 is 1.92 bits per heavy atom. The van der Waals surface area contributed by atoms with Crippen molar-refractivity contribution in [2.75, 3.05) is 11.9 Å². The Bertz CT molecular complexity index is 1070. The number of nitrogens with zero attached hydrogens (tertiary/aromatic N) is 3. The van der Waals surface area contributed by atoms with Crippen molar-refractivity contribution in [2.24, 2.45) is 0 Å². The standard InChI is InChI=1S/C21H17ClN4/c1-2-11-23-20-19-18(15-7-4-3-5-8-15)13-26(21(19)25-14-24-20)17-10-6-9-16(22)12-17/h2-10,12-14H,1,11H2,(H,23,24,25). The van der Waals surface area contributed by atoms with Crippen molar-refractivity contribution in [3.8, 4) is 16.8 Å². The summed E-state index contributed by atoms with van der Waals surface area (Å²) >= 11 is 6.20. The third-order valence-corrected chi connectivity index (χ3v) is 4.40. The van der Waals surface area contributed by atoms with Gasteiger partial charge in [-0.05, 0) is 23.8 Å². The molecule has 0 aliphatic rings. The summed E-state index contributed by atoms with van der Waals surface area (Å²) in [5, 5.41) is 4.97. The molecule has 0 aliphatic heterocycles. The average Bonchev–Trinajstić information content (AvgIpc) is 3.07. The van der Waals surface area contributed by atoms with Crippen molar-refractivity contribution in [2.45, 2.75) is 0 Å². The molecule has 0 bridgehead atoms. The van der Waals surface area contributed by atoms with Gasteiger partial charge in [-0.3, -0.25) is 0 Å². The molecule has 0 atom stereocenters. The number of hydrogen-bond donors (Lipinski definition) is 1. The van der Waals surface area contributed by atoms with E-state index in [0.717, 1.165) is 33.7 Å². The number of benzene rings is 2. The maximum Gasteiger partial charge on any atom is 0.150 e.